The molecule has 2 rings (SSSR count). The summed E-state index contributed by atoms with van der Waals surface area (Å²) in [6, 6.07) is 16.0. The topological polar surface area (TPSA) is 23.8 Å². The Labute approximate surface area is 128 Å². The van der Waals surface area contributed by atoms with E-state index in [0.717, 1.165) is 27.1 Å². The van der Waals surface area contributed by atoms with Crippen LogP contribution in [0.15, 0.2) is 47.4 Å². The van der Waals surface area contributed by atoms with Crippen LogP contribution in [0.2, 0.25) is 0 Å². The molecule has 0 spiro atoms. The summed E-state index contributed by atoms with van der Waals surface area (Å²) >= 11 is 4.25. The smallest absolute Gasteiger partial charge is 0.0994 e. The van der Waals surface area contributed by atoms with Crippen molar-refractivity contribution in [2.75, 3.05) is 0 Å². The molecule has 20 heavy (non-hydrogen) atoms. The van der Waals surface area contributed by atoms with Crippen molar-refractivity contribution in [1.29, 1.82) is 5.26 Å². The fourth-order valence-corrected chi connectivity index (χ4v) is 1.77. The monoisotopic (exact) mass is 285 g/mol. The third kappa shape index (κ3) is 5.11. The average Bonchev–Trinajstić information content (AvgIpc) is 2.52. The molecule has 2 heteroatoms. The lowest BCUT2D eigenvalue weighted by Crippen LogP contribution is -1.84. The lowest BCUT2D eigenvalue weighted by Gasteiger charge is -2.04. The van der Waals surface area contributed by atoms with Crippen molar-refractivity contribution >= 4 is 12.6 Å². The normalized spacial score (nSPS) is 8.45. The van der Waals surface area contributed by atoms with E-state index < -0.39 is 0 Å². The van der Waals surface area contributed by atoms with Crippen molar-refractivity contribution in [3.05, 3.63) is 53.6 Å². The van der Waals surface area contributed by atoms with E-state index >= 15 is 0 Å². The first-order valence-corrected chi connectivity index (χ1v) is 7.45. The molecule has 1 nitrogen and oxygen atoms in total. The first-order valence-electron chi connectivity index (χ1n) is 7.01. The summed E-state index contributed by atoms with van der Waals surface area (Å²) in [5.74, 6) is 0. The molecular weight excluding hydrogens is 262 g/mol. The van der Waals surface area contributed by atoms with Crippen molar-refractivity contribution in [2.24, 2.45) is 0 Å². The number of nitrogens with zero attached hydrogens (tertiary/aromatic N) is 1. The first-order chi connectivity index (χ1) is 9.70. The lowest BCUT2D eigenvalue weighted by molar-refractivity contribution is 1.39. The van der Waals surface area contributed by atoms with Crippen LogP contribution < -0.4 is 0 Å². The summed E-state index contributed by atoms with van der Waals surface area (Å²) in [6.07, 6.45) is 0. The second kappa shape index (κ2) is 10.1. The molecule has 0 saturated carbocycles. The highest BCUT2D eigenvalue weighted by Gasteiger charge is 2.01. The standard InChI is InChI=1S/C14H11NS.2C2H6/c1-10-8-12(2-3-13(10)9-15)11-4-6-14(16)7-5-11;2*1-2/h2-8,16H,1H3;2*1-2H3. The van der Waals surface area contributed by atoms with Gasteiger partial charge in [-0.15, -0.1) is 12.6 Å². The minimum absolute atomic E-state index is 0.731. The molecule has 0 atom stereocenters. The van der Waals surface area contributed by atoms with Gasteiger partial charge in [-0.2, -0.15) is 5.26 Å². The van der Waals surface area contributed by atoms with Gasteiger partial charge >= 0.3 is 0 Å². The lowest BCUT2D eigenvalue weighted by atomic mass is 10.0. The molecule has 2 aromatic rings. The van der Waals surface area contributed by atoms with E-state index in [-0.39, 0.29) is 0 Å². The summed E-state index contributed by atoms with van der Waals surface area (Å²) < 4.78 is 0. The number of hydrogen-bond acceptors (Lipinski definition) is 2. The molecule has 106 valence electrons. The maximum atomic E-state index is 8.86. The van der Waals surface area contributed by atoms with Crippen LogP contribution in [0.5, 0.6) is 0 Å². The van der Waals surface area contributed by atoms with Gasteiger partial charge < -0.3 is 0 Å². The third-order valence-corrected chi connectivity index (χ3v) is 2.85. The Morgan fingerprint density at radius 3 is 1.80 bits per heavy atom. The van der Waals surface area contributed by atoms with E-state index in [1.165, 1.54) is 0 Å². The first kappa shape index (κ1) is 18.3. The minimum Gasteiger partial charge on any atom is -0.192 e. The predicted molar refractivity (Wildman–Crippen MR) is 91.3 cm³/mol. The molecule has 0 fully saturated rings. The molecule has 0 aliphatic rings. The van der Waals surface area contributed by atoms with Gasteiger partial charge in [0.1, 0.15) is 0 Å². The highest BCUT2D eigenvalue weighted by molar-refractivity contribution is 7.80. The molecule has 0 heterocycles. The maximum Gasteiger partial charge on any atom is 0.0994 e. The molecule has 0 aliphatic carbocycles. The van der Waals surface area contributed by atoms with Crippen LogP contribution in [0.1, 0.15) is 38.8 Å². The van der Waals surface area contributed by atoms with Crippen LogP contribution in [-0.2, 0) is 0 Å². The number of thiol groups is 1. The van der Waals surface area contributed by atoms with Crippen molar-refractivity contribution in [3.63, 3.8) is 0 Å². The van der Waals surface area contributed by atoms with E-state index in [1.807, 2.05) is 77.1 Å². The number of rotatable bonds is 1. The summed E-state index contributed by atoms with van der Waals surface area (Å²) in [5, 5.41) is 8.86. The fourth-order valence-electron chi connectivity index (χ4n) is 1.62. The highest BCUT2D eigenvalue weighted by Crippen LogP contribution is 2.23. The zero-order chi connectivity index (χ0) is 15.5. The SMILES string of the molecule is CC.CC.Cc1cc(-c2ccc(S)cc2)ccc1C#N. The number of aryl methyl sites for hydroxylation is 1. The van der Waals surface area contributed by atoms with Gasteiger partial charge in [-0.3, -0.25) is 0 Å². The summed E-state index contributed by atoms with van der Waals surface area (Å²) in [5.41, 5.74) is 4.01. The number of benzene rings is 2. The largest absolute Gasteiger partial charge is 0.192 e. The number of hydrogen-bond donors (Lipinski definition) is 1. The average molecular weight is 285 g/mol. The Bertz CT molecular complexity index is 551. The fraction of sp³-hybridized carbons (Fsp3) is 0.278. The van der Waals surface area contributed by atoms with Crippen molar-refractivity contribution < 1.29 is 0 Å². The van der Waals surface area contributed by atoms with E-state index in [1.54, 1.807) is 0 Å². The minimum atomic E-state index is 0.731. The zero-order valence-corrected chi connectivity index (χ0v) is 13.8. The van der Waals surface area contributed by atoms with Crippen LogP contribution in [-0.4, -0.2) is 0 Å². The zero-order valence-electron chi connectivity index (χ0n) is 12.9. The second-order valence-corrected chi connectivity index (χ2v) is 4.20. The van der Waals surface area contributed by atoms with Crippen molar-refractivity contribution in [3.8, 4) is 17.2 Å². The van der Waals surface area contributed by atoms with Crippen molar-refractivity contribution in [2.45, 2.75) is 39.5 Å². The van der Waals surface area contributed by atoms with E-state index in [9.17, 15) is 0 Å². The summed E-state index contributed by atoms with van der Waals surface area (Å²) in [4.78, 5) is 0.953. The van der Waals surface area contributed by atoms with Gasteiger partial charge in [0.05, 0.1) is 11.6 Å². The molecule has 0 saturated heterocycles. The molecule has 0 aromatic heterocycles. The van der Waals surface area contributed by atoms with Gasteiger partial charge in [0, 0.05) is 4.90 Å². The Balaban J connectivity index is 0.000000829. The maximum absolute atomic E-state index is 8.86. The number of nitriles is 1. The van der Waals surface area contributed by atoms with Gasteiger partial charge in [0.15, 0.2) is 0 Å². The van der Waals surface area contributed by atoms with Gasteiger partial charge in [0.2, 0.25) is 0 Å². The highest BCUT2D eigenvalue weighted by atomic mass is 32.1. The Kier molecular flexibility index (Phi) is 9.24. The quantitative estimate of drug-likeness (QED) is 0.650. The Morgan fingerprint density at radius 1 is 0.850 bits per heavy atom. The molecule has 0 radical (unpaired) electrons. The Hall–Kier alpha value is -1.72. The van der Waals surface area contributed by atoms with Gasteiger partial charge in [-0.05, 0) is 41.8 Å². The summed E-state index contributed by atoms with van der Waals surface area (Å²) in [6.45, 7) is 9.95. The molecule has 0 bridgehead atoms. The van der Waals surface area contributed by atoms with E-state index in [4.69, 9.17) is 5.26 Å². The van der Waals surface area contributed by atoms with Crippen molar-refractivity contribution in [1.82, 2.24) is 0 Å². The molecule has 0 N–H and O–H groups in total. The summed E-state index contributed by atoms with van der Waals surface area (Å²) in [7, 11) is 0. The van der Waals surface area contributed by atoms with Crippen LogP contribution in [0.3, 0.4) is 0 Å². The van der Waals surface area contributed by atoms with E-state index in [2.05, 4.69) is 18.7 Å². The van der Waals surface area contributed by atoms with Crippen LogP contribution in [0, 0.1) is 18.3 Å². The van der Waals surface area contributed by atoms with Gasteiger partial charge in [-0.25, -0.2) is 0 Å². The van der Waals surface area contributed by atoms with Gasteiger partial charge in [0.25, 0.3) is 0 Å². The molecule has 2 aromatic carbocycles. The second-order valence-electron chi connectivity index (χ2n) is 3.69. The Morgan fingerprint density at radius 2 is 1.35 bits per heavy atom. The molecule has 0 unspecified atom stereocenters. The third-order valence-electron chi connectivity index (χ3n) is 2.55. The van der Waals surface area contributed by atoms with Crippen LogP contribution >= 0.6 is 12.6 Å². The van der Waals surface area contributed by atoms with Crippen LogP contribution in [0.25, 0.3) is 11.1 Å². The predicted octanol–water partition coefficient (Wildman–Crippen LogP) is 5.87. The molecule has 0 amide bonds. The molecular formula is C18H23NS. The molecule has 0 aliphatic heterocycles. The van der Waals surface area contributed by atoms with Gasteiger partial charge in [-0.1, -0.05) is 52.0 Å². The van der Waals surface area contributed by atoms with E-state index in [0.29, 0.717) is 0 Å². The van der Waals surface area contributed by atoms with Crippen LogP contribution in [0.4, 0.5) is 0 Å².